The SMILES string of the molecule is COC(=O)Nc1c(C)nc(-c2nn(Cc3ccccc3F)c3ncccc23)nc1N. The molecule has 3 aromatic heterocycles. The van der Waals surface area contributed by atoms with E-state index in [-0.39, 0.29) is 29.7 Å². The summed E-state index contributed by atoms with van der Waals surface area (Å²) in [6.45, 7) is 1.88. The van der Waals surface area contributed by atoms with E-state index in [0.29, 0.717) is 28.0 Å². The molecule has 152 valence electrons. The van der Waals surface area contributed by atoms with Crippen LogP contribution in [-0.4, -0.2) is 37.9 Å². The van der Waals surface area contributed by atoms with Gasteiger partial charge in [0.25, 0.3) is 0 Å². The Kier molecular flexibility index (Phi) is 4.97. The van der Waals surface area contributed by atoms with Gasteiger partial charge in [-0.1, -0.05) is 18.2 Å². The molecule has 1 amide bonds. The lowest BCUT2D eigenvalue weighted by Crippen LogP contribution is -2.15. The summed E-state index contributed by atoms with van der Waals surface area (Å²) in [4.78, 5) is 24.6. The smallest absolute Gasteiger partial charge is 0.411 e. The first kappa shape index (κ1) is 19.2. The number of methoxy groups -OCH3 is 1. The number of nitrogens with zero attached hydrogens (tertiary/aromatic N) is 5. The Bertz CT molecular complexity index is 1230. The van der Waals surface area contributed by atoms with E-state index < -0.39 is 6.09 Å². The highest BCUT2D eigenvalue weighted by Crippen LogP contribution is 2.29. The number of aromatic nitrogens is 5. The summed E-state index contributed by atoms with van der Waals surface area (Å²) in [6.07, 6.45) is 0.958. The first-order chi connectivity index (χ1) is 14.5. The predicted molar refractivity (Wildman–Crippen MR) is 109 cm³/mol. The highest BCUT2D eigenvalue weighted by Gasteiger charge is 2.19. The number of fused-ring (bicyclic) bond motifs is 1. The molecule has 30 heavy (non-hydrogen) atoms. The van der Waals surface area contributed by atoms with E-state index in [1.165, 1.54) is 13.2 Å². The number of hydrogen-bond donors (Lipinski definition) is 2. The molecule has 9 nitrogen and oxygen atoms in total. The number of aryl methyl sites for hydroxylation is 1. The molecule has 0 saturated heterocycles. The monoisotopic (exact) mass is 407 g/mol. The van der Waals surface area contributed by atoms with Crippen molar-refractivity contribution in [2.75, 3.05) is 18.2 Å². The lowest BCUT2D eigenvalue weighted by atomic mass is 10.2. The van der Waals surface area contributed by atoms with Crippen molar-refractivity contribution in [1.29, 1.82) is 0 Å². The number of carbonyl (C=O) groups is 1. The van der Waals surface area contributed by atoms with Crippen LogP contribution in [0.1, 0.15) is 11.3 Å². The third-order valence-corrected chi connectivity index (χ3v) is 4.53. The Balaban J connectivity index is 1.80. The normalized spacial score (nSPS) is 10.9. The van der Waals surface area contributed by atoms with E-state index in [4.69, 9.17) is 5.73 Å². The van der Waals surface area contributed by atoms with Crippen LogP contribution in [0.4, 0.5) is 20.7 Å². The van der Waals surface area contributed by atoms with E-state index in [1.54, 1.807) is 42.1 Å². The van der Waals surface area contributed by atoms with Crippen LogP contribution in [0.3, 0.4) is 0 Å². The Morgan fingerprint density at radius 3 is 2.77 bits per heavy atom. The van der Waals surface area contributed by atoms with E-state index in [2.05, 4.69) is 30.1 Å². The van der Waals surface area contributed by atoms with Gasteiger partial charge in [-0.05, 0) is 25.1 Å². The van der Waals surface area contributed by atoms with Gasteiger partial charge in [0.05, 0.1) is 24.7 Å². The number of amides is 1. The number of hydrogen-bond acceptors (Lipinski definition) is 7. The van der Waals surface area contributed by atoms with Gasteiger partial charge in [0, 0.05) is 11.8 Å². The van der Waals surface area contributed by atoms with Gasteiger partial charge in [-0.15, -0.1) is 0 Å². The standard InChI is InChI=1S/C20H18FN7O2/c1-11-15(25-20(29)30-2)17(22)26-18(24-11)16-13-7-5-9-23-19(13)28(27-16)10-12-6-3-4-8-14(12)21/h3-9H,10H2,1-2H3,(H,25,29)(H2,22,24,26). The van der Waals surface area contributed by atoms with Crippen molar-refractivity contribution >= 4 is 28.6 Å². The summed E-state index contributed by atoms with van der Waals surface area (Å²) in [7, 11) is 1.25. The van der Waals surface area contributed by atoms with Gasteiger partial charge in [0.15, 0.2) is 17.3 Å². The molecular weight excluding hydrogens is 389 g/mol. The minimum atomic E-state index is -0.676. The molecule has 4 rings (SSSR count). The highest BCUT2D eigenvalue weighted by molar-refractivity contribution is 5.92. The zero-order chi connectivity index (χ0) is 21.3. The van der Waals surface area contributed by atoms with Crippen LogP contribution in [0, 0.1) is 12.7 Å². The summed E-state index contributed by atoms with van der Waals surface area (Å²) in [6, 6.07) is 10.1. The second kappa shape index (κ2) is 7.74. The zero-order valence-electron chi connectivity index (χ0n) is 16.3. The molecule has 0 bridgehead atoms. The van der Waals surface area contributed by atoms with Crippen LogP contribution in [0.15, 0.2) is 42.6 Å². The maximum atomic E-state index is 14.1. The first-order valence-electron chi connectivity index (χ1n) is 9.02. The quantitative estimate of drug-likeness (QED) is 0.533. The Hall–Kier alpha value is -4.08. The maximum Gasteiger partial charge on any atom is 0.411 e. The molecule has 1 aromatic carbocycles. The maximum absolute atomic E-state index is 14.1. The third-order valence-electron chi connectivity index (χ3n) is 4.53. The van der Waals surface area contributed by atoms with Crippen molar-refractivity contribution in [2.45, 2.75) is 13.5 Å². The summed E-state index contributed by atoms with van der Waals surface area (Å²) in [5.41, 5.74) is 8.24. The van der Waals surface area contributed by atoms with Crippen molar-refractivity contribution in [3.63, 3.8) is 0 Å². The third kappa shape index (κ3) is 3.50. The molecular formula is C20H18FN7O2. The molecule has 0 aliphatic heterocycles. The van der Waals surface area contributed by atoms with Crippen LogP contribution in [0.2, 0.25) is 0 Å². The highest BCUT2D eigenvalue weighted by atomic mass is 19.1. The second-order valence-corrected chi connectivity index (χ2v) is 6.48. The van der Waals surface area contributed by atoms with Gasteiger partial charge >= 0.3 is 6.09 Å². The first-order valence-corrected chi connectivity index (χ1v) is 9.02. The van der Waals surface area contributed by atoms with Gasteiger partial charge in [-0.25, -0.2) is 28.8 Å². The number of nitrogen functional groups attached to an aromatic ring is 1. The summed E-state index contributed by atoms with van der Waals surface area (Å²) in [5.74, 6) is 0.0162. The van der Waals surface area contributed by atoms with Gasteiger partial charge in [0.2, 0.25) is 0 Å². The number of ether oxygens (including phenoxy) is 1. The minimum absolute atomic E-state index is 0.0728. The minimum Gasteiger partial charge on any atom is -0.453 e. The Morgan fingerprint density at radius 2 is 2.03 bits per heavy atom. The van der Waals surface area contributed by atoms with Crippen molar-refractivity contribution in [3.05, 3.63) is 59.7 Å². The van der Waals surface area contributed by atoms with E-state index in [0.717, 1.165) is 0 Å². The van der Waals surface area contributed by atoms with Gasteiger partial charge < -0.3 is 10.5 Å². The Labute approximate surface area is 170 Å². The molecule has 0 unspecified atom stereocenters. The number of nitrogens with two attached hydrogens (primary N) is 1. The molecule has 0 fully saturated rings. The van der Waals surface area contributed by atoms with Crippen LogP contribution in [0.25, 0.3) is 22.6 Å². The van der Waals surface area contributed by atoms with Crippen LogP contribution in [0.5, 0.6) is 0 Å². The lowest BCUT2D eigenvalue weighted by Gasteiger charge is -2.10. The fourth-order valence-corrected chi connectivity index (χ4v) is 3.08. The molecule has 0 spiro atoms. The van der Waals surface area contributed by atoms with Crippen LogP contribution >= 0.6 is 0 Å². The largest absolute Gasteiger partial charge is 0.453 e. The average molecular weight is 407 g/mol. The Morgan fingerprint density at radius 1 is 1.23 bits per heavy atom. The van der Waals surface area contributed by atoms with Crippen molar-refractivity contribution < 1.29 is 13.9 Å². The van der Waals surface area contributed by atoms with Gasteiger partial charge in [-0.2, -0.15) is 5.10 Å². The average Bonchev–Trinajstić information content (AvgIpc) is 3.10. The summed E-state index contributed by atoms with van der Waals surface area (Å²) in [5, 5.41) is 7.77. The number of carbonyl (C=O) groups excluding carboxylic acids is 1. The van der Waals surface area contributed by atoms with Crippen LogP contribution in [-0.2, 0) is 11.3 Å². The number of halogens is 1. The van der Waals surface area contributed by atoms with E-state index in [9.17, 15) is 9.18 Å². The molecule has 10 heteroatoms. The molecule has 4 aromatic rings. The molecule has 0 radical (unpaired) electrons. The molecule has 0 saturated carbocycles. The zero-order valence-corrected chi connectivity index (χ0v) is 16.3. The number of pyridine rings is 1. The molecule has 3 heterocycles. The molecule has 0 atom stereocenters. The van der Waals surface area contributed by atoms with E-state index in [1.807, 2.05) is 6.07 Å². The van der Waals surface area contributed by atoms with Crippen molar-refractivity contribution in [1.82, 2.24) is 24.7 Å². The fraction of sp³-hybridized carbons (Fsp3) is 0.150. The van der Waals surface area contributed by atoms with Gasteiger partial charge in [0.1, 0.15) is 17.2 Å². The topological polar surface area (TPSA) is 121 Å². The number of anilines is 2. The van der Waals surface area contributed by atoms with Crippen LogP contribution < -0.4 is 11.1 Å². The fourth-order valence-electron chi connectivity index (χ4n) is 3.08. The van der Waals surface area contributed by atoms with E-state index >= 15 is 0 Å². The number of rotatable bonds is 4. The summed E-state index contributed by atoms with van der Waals surface area (Å²) >= 11 is 0. The van der Waals surface area contributed by atoms with Gasteiger partial charge in [-0.3, -0.25) is 5.32 Å². The number of nitrogens with one attached hydrogen (secondary N) is 1. The molecule has 0 aliphatic rings. The molecule has 3 N–H and O–H groups in total. The number of benzene rings is 1. The van der Waals surface area contributed by atoms with Crippen molar-refractivity contribution in [2.24, 2.45) is 0 Å². The second-order valence-electron chi connectivity index (χ2n) is 6.48. The predicted octanol–water partition coefficient (Wildman–Crippen LogP) is 3.14. The summed E-state index contributed by atoms with van der Waals surface area (Å²) < 4.78 is 20.3. The lowest BCUT2D eigenvalue weighted by molar-refractivity contribution is 0.187. The molecule has 0 aliphatic carbocycles. The van der Waals surface area contributed by atoms with Crippen molar-refractivity contribution in [3.8, 4) is 11.5 Å².